The Balaban J connectivity index is 1.25. The van der Waals surface area contributed by atoms with Crippen LogP contribution < -0.4 is 14.8 Å². The van der Waals surface area contributed by atoms with Crippen molar-refractivity contribution in [2.45, 2.75) is 38.6 Å². The number of nitrogens with zero attached hydrogens (tertiary/aromatic N) is 1. The molecule has 0 bridgehead atoms. The minimum atomic E-state index is 0.412. The fourth-order valence-corrected chi connectivity index (χ4v) is 4.30. The van der Waals surface area contributed by atoms with Gasteiger partial charge in [-0.2, -0.15) is 0 Å². The summed E-state index contributed by atoms with van der Waals surface area (Å²) in [5.41, 5.74) is 3.54. The molecular formula is C27H31ClN2O2. The van der Waals surface area contributed by atoms with Crippen LogP contribution in [0.1, 0.15) is 29.5 Å². The van der Waals surface area contributed by atoms with E-state index in [2.05, 4.69) is 52.7 Å². The van der Waals surface area contributed by atoms with E-state index in [0.29, 0.717) is 17.7 Å². The fraction of sp³-hybridized carbons (Fsp3) is 0.333. The third kappa shape index (κ3) is 6.26. The van der Waals surface area contributed by atoms with Gasteiger partial charge in [0.1, 0.15) is 6.61 Å². The Hall–Kier alpha value is -2.53. The summed E-state index contributed by atoms with van der Waals surface area (Å²) in [6.07, 6.45) is 2.34. The zero-order chi connectivity index (χ0) is 22.2. The average molecular weight is 451 g/mol. The standard InChI is InChI=1S/C27H31ClN2O2/c1-31-27-17-22(11-12-26(27)32-20-23-9-5-6-10-25(23)28)18-29-24-13-15-30(16-14-24)19-21-7-3-2-4-8-21/h2-12,17,24,29H,13-16,18-20H2,1H3. The largest absolute Gasteiger partial charge is 0.493 e. The molecule has 3 aromatic carbocycles. The summed E-state index contributed by atoms with van der Waals surface area (Å²) in [5.74, 6) is 1.47. The highest BCUT2D eigenvalue weighted by atomic mass is 35.5. The van der Waals surface area contributed by atoms with E-state index >= 15 is 0 Å². The second-order valence-corrected chi connectivity index (χ2v) is 8.69. The number of methoxy groups -OCH3 is 1. The molecule has 0 radical (unpaired) electrons. The Kier molecular flexibility index (Phi) is 8.05. The van der Waals surface area contributed by atoms with Crippen LogP contribution in [0.25, 0.3) is 0 Å². The van der Waals surface area contributed by atoms with Crippen LogP contribution in [0.3, 0.4) is 0 Å². The van der Waals surface area contributed by atoms with Gasteiger partial charge in [-0.3, -0.25) is 4.90 Å². The van der Waals surface area contributed by atoms with Gasteiger partial charge in [0.15, 0.2) is 11.5 Å². The van der Waals surface area contributed by atoms with Crippen molar-refractivity contribution >= 4 is 11.6 Å². The molecule has 5 heteroatoms. The van der Waals surface area contributed by atoms with Crippen LogP contribution in [-0.4, -0.2) is 31.1 Å². The Bertz CT molecular complexity index is 988. The Morgan fingerprint density at radius 3 is 2.41 bits per heavy atom. The van der Waals surface area contributed by atoms with Crippen molar-refractivity contribution in [3.63, 3.8) is 0 Å². The molecule has 32 heavy (non-hydrogen) atoms. The maximum absolute atomic E-state index is 6.23. The van der Waals surface area contributed by atoms with Crippen molar-refractivity contribution in [3.05, 3.63) is 94.5 Å². The minimum Gasteiger partial charge on any atom is -0.493 e. The zero-order valence-corrected chi connectivity index (χ0v) is 19.4. The molecule has 0 unspecified atom stereocenters. The molecule has 1 aliphatic heterocycles. The van der Waals surface area contributed by atoms with Crippen molar-refractivity contribution in [1.82, 2.24) is 10.2 Å². The molecule has 3 aromatic rings. The number of hydrogen-bond donors (Lipinski definition) is 1. The van der Waals surface area contributed by atoms with Crippen molar-refractivity contribution in [3.8, 4) is 11.5 Å². The van der Waals surface area contributed by atoms with Crippen LogP contribution in [0.5, 0.6) is 11.5 Å². The lowest BCUT2D eigenvalue weighted by molar-refractivity contribution is 0.190. The highest BCUT2D eigenvalue weighted by Crippen LogP contribution is 2.30. The van der Waals surface area contributed by atoms with E-state index < -0.39 is 0 Å². The first-order chi connectivity index (χ1) is 15.7. The highest BCUT2D eigenvalue weighted by Gasteiger charge is 2.19. The Labute approximate surface area is 196 Å². The Morgan fingerprint density at radius 1 is 0.906 bits per heavy atom. The van der Waals surface area contributed by atoms with Crippen LogP contribution >= 0.6 is 11.6 Å². The quantitative estimate of drug-likeness (QED) is 0.454. The van der Waals surface area contributed by atoms with E-state index in [9.17, 15) is 0 Å². The molecule has 0 amide bonds. The number of rotatable bonds is 9. The van der Waals surface area contributed by atoms with Crippen LogP contribution in [0.4, 0.5) is 0 Å². The first-order valence-electron chi connectivity index (χ1n) is 11.2. The number of hydrogen-bond acceptors (Lipinski definition) is 4. The summed E-state index contributed by atoms with van der Waals surface area (Å²) >= 11 is 6.23. The molecule has 0 aliphatic carbocycles. The molecule has 1 fully saturated rings. The monoisotopic (exact) mass is 450 g/mol. The van der Waals surface area contributed by atoms with Gasteiger partial charge in [-0.1, -0.05) is 66.2 Å². The normalized spacial score (nSPS) is 14.9. The molecule has 0 atom stereocenters. The summed E-state index contributed by atoms with van der Waals surface area (Å²) in [6, 6.07) is 25.1. The van der Waals surface area contributed by atoms with Crippen molar-refractivity contribution < 1.29 is 9.47 Å². The second kappa shape index (κ2) is 11.4. The number of nitrogens with one attached hydrogen (secondary N) is 1. The van der Waals surface area contributed by atoms with E-state index in [1.807, 2.05) is 30.3 Å². The lowest BCUT2D eigenvalue weighted by Gasteiger charge is -2.32. The number of halogens is 1. The van der Waals surface area contributed by atoms with Crippen LogP contribution in [-0.2, 0) is 19.7 Å². The lowest BCUT2D eigenvalue weighted by atomic mass is 10.0. The predicted molar refractivity (Wildman–Crippen MR) is 130 cm³/mol. The van der Waals surface area contributed by atoms with Gasteiger partial charge in [-0.25, -0.2) is 0 Å². The molecule has 1 saturated heterocycles. The third-order valence-electron chi connectivity index (χ3n) is 6.00. The summed E-state index contributed by atoms with van der Waals surface area (Å²) in [4.78, 5) is 2.54. The minimum absolute atomic E-state index is 0.412. The van der Waals surface area contributed by atoms with Crippen LogP contribution in [0.15, 0.2) is 72.8 Å². The molecule has 168 valence electrons. The number of likely N-dealkylation sites (tertiary alicyclic amines) is 1. The second-order valence-electron chi connectivity index (χ2n) is 8.28. The molecule has 4 rings (SSSR count). The maximum atomic E-state index is 6.23. The van der Waals surface area contributed by atoms with E-state index in [-0.39, 0.29) is 0 Å². The van der Waals surface area contributed by atoms with Gasteiger partial charge in [0.05, 0.1) is 7.11 Å². The van der Waals surface area contributed by atoms with Gasteiger partial charge >= 0.3 is 0 Å². The van der Waals surface area contributed by atoms with Gasteiger partial charge in [0.2, 0.25) is 0 Å². The smallest absolute Gasteiger partial charge is 0.161 e. The third-order valence-corrected chi connectivity index (χ3v) is 6.37. The fourth-order valence-electron chi connectivity index (χ4n) is 4.11. The summed E-state index contributed by atoms with van der Waals surface area (Å²) in [5, 5.41) is 4.43. The number of piperidine rings is 1. The summed E-state index contributed by atoms with van der Waals surface area (Å²) in [6.45, 7) is 4.54. The molecule has 4 nitrogen and oxygen atoms in total. The van der Waals surface area contributed by atoms with Crippen molar-refractivity contribution in [2.75, 3.05) is 20.2 Å². The average Bonchev–Trinajstić information content (AvgIpc) is 2.84. The molecule has 0 spiro atoms. The van der Waals surface area contributed by atoms with E-state index in [4.69, 9.17) is 21.1 Å². The summed E-state index contributed by atoms with van der Waals surface area (Å²) < 4.78 is 11.5. The molecule has 1 aliphatic rings. The van der Waals surface area contributed by atoms with E-state index in [0.717, 1.165) is 43.2 Å². The molecular weight excluding hydrogens is 420 g/mol. The Morgan fingerprint density at radius 2 is 1.66 bits per heavy atom. The van der Waals surface area contributed by atoms with Crippen molar-refractivity contribution in [2.24, 2.45) is 0 Å². The van der Waals surface area contributed by atoms with Crippen molar-refractivity contribution in [1.29, 1.82) is 0 Å². The number of benzene rings is 3. The molecule has 0 aromatic heterocycles. The van der Waals surface area contributed by atoms with Crippen LogP contribution in [0.2, 0.25) is 5.02 Å². The van der Waals surface area contributed by atoms with E-state index in [1.54, 1.807) is 7.11 Å². The van der Waals surface area contributed by atoms with Gasteiger partial charge in [0, 0.05) is 29.7 Å². The first-order valence-corrected chi connectivity index (χ1v) is 11.6. The molecule has 0 saturated carbocycles. The molecule has 1 N–H and O–H groups in total. The summed E-state index contributed by atoms with van der Waals surface area (Å²) in [7, 11) is 1.68. The van der Waals surface area contributed by atoms with Gasteiger partial charge in [0.25, 0.3) is 0 Å². The topological polar surface area (TPSA) is 33.7 Å². The SMILES string of the molecule is COc1cc(CNC2CCN(Cc3ccccc3)CC2)ccc1OCc1ccccc1Cl. The lowest BCUT2D eigenvalue weighted by Crippen LogP contribution is -2.41. The number of ether oxygens (including phenoxy) is 2. The van der Waals surface area contributed by atoms with Gasteiger partial charge in [-0.05, 0) is 55.3 Å². The van der Waals surface area contributed by atoms with Crippen LogP contribution in [0, 0.1) is 0 Å². The predicted octanol–water partition coefficient (Wildman–Crippen LogP) is 5.68. The van der Waals surface area contributed by atoms with E-state index in [1.165, 1.54) is 24.0 Å². The van der Waals surface area contributed by atoms with Gasteiger partial charge in [-0.15, -0.1) is 0 Å². The highest BCUT2D eigenvalue weighted by molar-refractivity contribution is 6.31. The van der Waals surface area contributed by atoms with Gasteiger partial charge < -0.3 is 14.8 Å². The zero-order valence-electron chi connectivity index (χ0n) is 18.6. The molecule has 1 heterocycles. The first kappa shape index (κ1) is 22.7. The maximum Gasteiger partial charge on any atom is 0.161 e.